The van der Waals surface area contributed by atoms with E-state index in [1.54, 1.807) is 0 Å². The van der Waals surface area contributed by atoms with Crippen molar-refractivity contribution in [1.82, 2.24) is 10.2 Å². The van der Waals surface area contributed by atoms with E-state index >= 15 is 0 Å². The van der Waals surface area contributed by atoms with Crippen molar-refractivity contribution in [3.05, 3.63) is 0 Å². The molecule has 2 N–H and O–H groups in total. The Morgan fingerprint density at radius 2 is 1.94 bits per heavy atom. The number of nitrogens with zero attached hydrogens (tertiary/aromatic N) is 1. The monoisotopic (exact) mass is 242 g/mol. The molecule has 5 nitrogen and oxygen atoms in total. The Morgan fingerprint density at radius 1 is 1.29 bits per heavy atom. The van der Waals surface area contributed by atoms with Gasteiger partial charge in [-0.05, 0) is 33.4 Å². The Hall–Kier alpha value is -1.10. The van der Waals surface area contributed by atoms with Crippen LogP contribution in [0.15, 0.2) is 0 Å². The van der Waals surface area contributed by atoms with Crippen LogP contribution in [0.2, 0.25) is 0 Å². The molecule has 0 spiro atoms. The van der Waals surface area contributed by atoms with Crippen molar-refractivity contribution in [1.29, 1.82) is 0 Å². The number of likely N-dealkylation sites (N-methyl/N-ethyl adjacent to an activating group) is 1. The molecule has 0 aromatic rings. The molecule has 1 aliphatic rings. The van der Waals surface area contributed by atoms with Crippen LogP contribution in [0.3, 0.4) is 0 Å². The van der Waals surface area contributed by atoms with Crippen molar-refractivity contribution in [2.75, 3.05) is 27.2 Å². The predicted octanol–water partition coefficient (Wildman–Crippen LogP) is 0.555. The molecular weight excluding hydrogens is 220 g/mol. The average molecular weight is 242 g/mol. The summed E-state index contributed by atoms with van der Waals surface area (Å²) in [5, 5.41) is 11.8. The minimum Gasteiger partial charge on any atom is -0.481 e. The van der Waals surface area contributed by atoms with E-state index in [4.69, 9.17) is 5.11 Å². The maximum absolute atomic E-state index is 11.8. The van der Waals surface area contributed by atoms with Gasteiger partial charge >= 0.3 is 5.97 Å². The molecule has 1 aliphatic carbocycles. The third kappa shape index (κ3) is 4.73. The normalized spacial score (nSPS) is 24.6. The molecule has 0 aromatic carbocycles. The number of carboxylic acid groups (broad SMARTS) is 1. The number of amides is 1. The van der Waals surface area contributed by atoms with Crippen LogP contribution in [-0.4, -0.2) is 49.1 Å². The van der Waals surface area contributed by atoms with Crippen molar-refractivity contribution in [3.8, 4) is 0 Å². The van der Waals surface area contributed by atoms with Crippen LogP contribution in [0.25, 0.3) is 0 Å². The van der Waals surface area contributed by atoms with Crippen molar-refractivity contribution in [3.63, 3.8) is 0 Å². The van der Waals surface area contributed by atoms with Gasteiger partial charge in [0.2, 0.25) is 5.91 Å². The standard InChI is InChI=1S/C12H22N2O3/c1-14(2)7-6-13-11(15)9-4-3-5-10(8-9)12(16)17/h9-10H,3-8H2,1-2H3,(H,13,15)(H,16,17). The van der Waals surface area contributed by atoms with Gasteiger partial charge in [0.15, 0.2) is 0 Å². The first kappa shape index (κ1) is 14.0. The molecule has 2 atom stereocenters. The maximum Gasteiger partial charge on any atom is 0.306 e. The third-order valence-corrected chi connectivity index (χ3v) is 3.25. The van der Waals surface area contributed by atoms with Gasteiger partial charge < -0.3 is 15.3 Å². The first-order valence-corrected chi connectivity index (χ1v) is 6.16. The summed E-state index contributed by atoms with van der Waals surface area (Å²) in [6, 6.07) is 0. The lowest BCUT2D eigenvalue weighted by Gasteiger charge is -2.25. The Labute approximate surface area is 102 Å². The number of nitrogens with one attached hydrogen (secondary N) is 1. The lowest BCUT2D eigenvalue weighted by atomic mass is 9.81. The first-order valence-electron chi connectivity index (χ1n) is 6.16. The van der Waals surface area contributed by atoms with Gasteiger partial charge in [-0.3, -0.25) is 9.59 Å². The molecule has 1 saturated carbocycles. The van der Waals surface area contributed by atoms with E-state index in [-0.39, 0.29) is 17.7 Å². The number of carboxylic acids is 1. The van der Waals surface area contributed by atoms with Crippen LogP contribution in [0, 0.1) is 11.8 Å². The summed E-state index contributed by atoms with van der Waals surface area (Å²) >= 11 is 0. The highest BCUT2D eigenvalue weighted by Gasteiger charge is 2.30. The zero-order valence-corrected chi connectivity index (χ0v) is 10.6. The van der Waals surface area contributed by atoms with E-state index in [0.717, 1.165) is 19.4 Å². The van der Waals surface area contributed by atoms with E-state index in [2.05, 4.69) is 5.32 Å². The summed E-state index contributed by atoms with van der Waals surface area (Å²) in [5.74, 6) is -1.21. The van der Waals surface area contributed by atoms with Gasteiger partial charge in [0, 0.05) is 19.0 Å². The van der Waals surface area contributed by atoms with Crippen molar-refractivity contribution in [2.24, 2.45) is 11.8 Å². The number of carbonyl (C=O) groups excluding carboxylic acids is 1. The Balaban J connectivity index is 2.33. The van der Waals surface area contributed by atoms with Crippen molar-refractivity contribution < 1.29 is 14.7 Å². The highest BCUT2D eigenvalue weighted by atomic mass is 16.4. The zero-order chi connectivity index (χ0) is 12.8. The second-order valence-electron chi connectivity index (χ2n) is 4.99. The van der Waals surface area contributed by atoms with Crippen LogP contribution < -0.4 is 5.32 Å². The molecule has 0 bridgehead atoms. The van der Waals surface area contributed by atoms with E-state index in [1.807, 2.05) is 19.0 Å². The smallest absolute Gasteiger partial charge is 0.306 e. The molecule has 1 rings (SSSR count). The van der Waals surface area contributed by atoms with Gasteiger partial charge in [-0.25, -0.2) is 0 Å². The Kier molecular flexibility index (Phi) is 5.41. The second-order valence-corrected chi connectivity index (χ2v) is 4.99. The largest absolute Gasteiger partial charge is 0.481 e. The molecule has 17 heavy (non-hydrogen) atoms. The molecule has 0 aromatic heterocycles. The summed E-state index contributed by atoms with van der Waals surface area (Å²) in [5.41, 5.74) is 0. The van der Waals surface area contributed by atoms with E-state index in [9.17, 15) is 9.59 Å². The summed E-state index contributed by atoms with van der Waals surface area (Å²) in [4.78, 5) is 24.7. The van der Waals surface area contributed by atoms with Gasteiger partial charge in [0.05, 0.1) is 5.92 Å². The molecule has 5 heteroatoms. The fraction of sp³-hybridized carbons (Fsp3) is 0.833. The molecule has 0 radical (unpaired) electrons. The van der Waals surface area contributed by atoms with E-state index < -0.39 is 5.97 Å². The number of carbonyl (C=O) groups is 2. The van der Waals surface area contributed by atoms with Gasteiger partial charge in [0.25, 0.3) is 0 Å². The van der Waals surface area contributed by atoms with E-state index in [0.29, 0.717) is 19.4 Å². The minimum atomic E-state index is -0.768. The van der Waals surface area contributed by atoms with Gasteiger partial charge in [0.1, 0.15) is 0 Å². The molecule has 2 unspecified atom stereocenters. The molecule has 98 valence electrons. The lowest BCUT2D eigenvalue weighted by molar-refractivity contribution is -0.144. The lowest BCUT2D eigenvalue weighted by Crippen LogP contribution is -2.38. The maximum atomic E-state index is 11.8. The average Bonchev–Trinajstić information content (AvgIpc) is 2.28. The molecule has 0 aliphatic heterocycles. The highest BCUT2D eigenvalue weighted by Crippen LogP contribution is 2.29. The quantitative estimate of drug-likeness (QED) is 0.739. The van der Waals surface area contributed by atoms with E-state index in [1.165, 1.54) is 0 Å². The Morgan fingerprint density at radius 3 is 2.53 bits per heavy atom. The number of aliphatic carboxylic acids is 1. The van der Waals surface area contributed by atoms with Gasteiger partial charge in [-0.1, -0.05) is 6.42 Å². The highest BCUT2D eigenvalue weighted by molar-refractivity contribution is 5.80. The summed E-state index contributed by atoms with van der Waals surface area (Å²) in [6.45, 7) is 1.43. The zero-order valence-electron chi connectivity index (χ0n) is 10.6. The predicted molar refractivity (Wildman–Crippen MR) is 64.6 cm³/mol. The van der Waals surface area contributed by atoms with Crippen LogP contribution >= 0.6 is 0 Å². The molecule has 0 heterocycles. The third-order valence-electron chi connectivity index (χ3n) is 3.25. The van der Waals surface area contributed by atoms with Gasteiger partial charge in [-0.2, -0.15) is 0 Å². The van der Waals surface area contributed by atoms with Crippen molar-refractivity contribution >= 4 is 11.9 Å². The van der Waals surface area contributed by atoms with Crippen LogP contribution in [0.1, 0.15) is 25.7 Å². The fourth-order valence-electron chi connectivity index (χ4n) is 2.20. The van der Waals surface area contributed by atoms with Crippen LogP contribution in [0.4, 0.5) is 0 Å². The number of hydrogen-bond acceptors (Lipinski definition) is 3. The van der Waals surface area contributed by atoms with Crippen LogP contribution in [-0.2, 0) is 9.59 Å². The number of hydrogen-bond donors (Lipinski definition) is 2. The minimum absolute atomic E-state index is 0.0119. The second kappa shape index (κ2) is 6.59. The fourth-order valence-corrected chi connectivity index (χ4v) is 2.20. The molecule has 1 amide bonds. The molecule has 0 saturated heterocycles. The first-order chi connectivity index (χ1) is 8.00. The Bertz CT molecular complexity index is 279. The molecule has 1 fully saturated rings. The van der Waals surface area contributed by atoms with Crippen LogP contribution in [0.5, 0.6) is 0 Å². The molecular formula is C12H22N2O3. The SMILES string of the molecule is CN(C)CCNC(=O)C1CCCC(C(=O)O)C1. The van der Waals surface area contributed by atoms with Crippen molar-refractivity contribution in [2.45, 2.75) is 25.7 Å². The summed E-state index contributed by atoms with van der Waals surface area (Å²) in [7, 11) is 3.90. The summed E-state index contributed by atoms with van der Waals surface area (Å²) < 4.78 is 0. The number of rotatable bonds is 5. The topological polar surface area (TPSA) is 69.6 Å². The summed E-state index contributed by atoms with van der Waals surface area (Å²) in [6.07, 6.45) is 2.85. The van der Waals surface area contributed by atoms with Gasteiger partial charge in [-0.15, -0.1) is 0 Å².